The summed E-state index contributed by atoms with van der Waals surface area (Å²) in [5, 5.41) is 0. The molecule has 128 valence electrons. The number of alkyl halides is 3. The van der Waals surface area contributed by atoms with Gasteiger partial charge in [0.1, 0.15) is 5.75 Å². The summed E-state index contributed by atoms with van der Waals surface area (Å²) in [6.45, 7) is 1.82. The second-order valence-electron chi connectivity index (χ2n) is 5.97. The van der Waals surface area contributed by atoms with Gasteiger partial charge in [-0.25, -0.2) is 0 Å². The first-order valence-corrected chi connectivity index (χ1v) is 7.87. The van der Waals surface area contributed by atoms with E-state index in [4.69, 9.17) is 5.73 Å². The van der Waals surface area contributed by atoms with E-state index in [9.17, 15) is 13.2 Å². The van der Waals surface area contributed by atoms with Gasteiger partial charge in [-0.1, -0.05) is 12.1 Å². The Morgan fingerprint density at radius 1 is 0.917 bits per heavy atom. The van der Waals surface area contributed by atoms with Crippen LogP contribution in [0.1, 0.15) is 24.3 Å². The third kappa shape index (κ3) is 4.13. The van der Waals surface area contributed by atoms with Crippen molar-refractivity contribution in [3.8, 4) is 5.75 Å². The van der Waals surface area contributed by atoms with Crippen molar-refractivity contribution in [3.05, 3.63) is 54.1 Å². The first-order chi connectivity index (χ1) is 11.4. The molecule has 2 N–H and O–H groups in total. The Labute approximate surface area is 138 Å². The first-order valence-electron chi connectivity index (χ1n) is 7.87. The minimum atomic E-state index is -4.65. The topological polar surface area (TPSA) is 38.5 Å². The number of ether oxygens (including phenoxy) is 1. The number of rotatable bonds is 3. The molecule has 1 heterocycles. The molecule has 1 saturated heterocycles. The third-order valence-electron chi connectivity index (χ3n) is 4.34. The molecule has 0 bridgehead atoms. The fourth-order valence-electron chi connectivity index (χ4n) is 3.10. The van der Waals surface area contributed by atoms with E-state index in [0.717, 1.165) is 42.9 Å². The molecule has 2 aromatic carbocycles. The minimum Gasteiger partial charge on any atom is -0.406 e. The standard InChI is InChI=1S/C18H19F3N2O/c19-18(20,21)24-17-7-1-13(2-8-17)14-9-11-23(12-10-14)16-5-3-15(22)4-6-16/h1-8,14H,9-12,22H2. The molecule has 3 nitrogen and oxygen atoms in total. The predicted octanol–water partition coefficient (Wildman–Crippen LogP) is 4.55. The average Bonchev–Trinajstić information content (AvgIpc) is 2.55. The van der Waals surface area contributed by atoms with Crippen molar-refractivity contribution in [2.24, 2.45) is 0 Å². The Balaban J connectivity index is 1.59. The molecule has 0 amide bonds. The van der Waals surface area contributed by atoms with Crippen LogP contribution >= 0.6 is 0 Å². The molecule has 24 heavy (non-hydrogen) atoms. The highest BCUT2D eigenvalue weighted by Gasteiger charge is 2.31. The number of nitrogens with zero attached hydrogens (tertiary/aromatic N) is 1. The minimum absolute atomic E-state index is 0.175. The normalized spacial score (nSPS) is 16.2. The molecule has 0 saturated carbocycles. The second-order valence-corrected chi connectivity index (χ2v) is 5.97. The summed E-state index contributed by atoms with van der Waals surface area (Å²) in [7, 11) is 0. The molecular weight excluding hydrogens is 317 g/mol. The highest BCUT2D eigenvalue weighted by atomic mass is 19.4. The molecule has 0 aliphatic carbocycles. The maximum absolute atomic E-state index is 12.2. The van der Waals surface area contributed by atoms with Crippen LogP contribution in [0.4, 0.5) is 24.5 Å². The highest BCUT2D eigenvalue weighted by molar-refractivity contribution is 5.53. The van der Waals surface area contributed by atoms with E-state index in [1.807, 2.05) is 24.3 Å². The zero-order chi connectivity index (χ0) is 17.2. The van der Waals surface area contributed by atoms with E-state index in [-0.39, 0.29) is 5.75 Å². The van der Waals surface area contributed by atoms with Crippen molar-refractivity contribution >= 4 is 11.4 Å². The van der Waals surface area contributed by atoms with Crippen LogP contribution in [0.3, 0.4) is 0 Å². The van der Waals surface area contributed by atoms with Crippen molar-refractivity contribution in [3.63, 3.8) is 0 Å². The molecule has 6 heteroatoms. The van der Waals surface area contributed by atoms with Gasteiger partial charge in [0.05, 0.1) is 0 Å². The Morgan fingerprint density at radius 3 is 2.04 bits per heavy atom. The molecular formula is C18H19F3N2O. The number of hydrogen-bond acceptors (Lipinski definition) is 3. The lowest BCUT2D eigenvalue weighted by Crippen LogP contribution is -2.32. The molecule has 2 aromatic rings. The summed E-state index contributed by atoms with van der Waals surface area (Å²) in [6.07, 6.45) is -2.72. The summed E-state index contributed by atoms with van der Waals surface area (Å²) in [5.41, 5.74) is 8.66. The summed E-state index contributed by atoms with van der Waals surface area (Å²) in [6, 6.07) is 14.0. The number of halogens is 3. The lowest BCUT2D eigenvalue weighted by Gasteiger charge is -2.34. The summed E-state index contributed by atoms with van der Waals surface area (Å²) in [5.74, 6) is 0.181. The van der Waals surface area contributed by atoms with Gasteiger partial charge in [0.2, 0.25) is 0 Å². The maximum Gasteiger partial charge on any atom is 0.573 e. The zero-order valence-electron chi connectivity index (χ0n) is 13.1. The molecule has 0 atom stereocenters. The van der Waals surface area contributed by atoms with Crippen LogP contribution in [0, 0.1) is 0 Å². The van der Waals surface area contributed by atoms with Gasteiger partial charge < -0.3 is 15.4 Å². The molecule has 3 rings (SSSR count). The lowest BCUT2D eigenvalue weighted by molar-refractivity contribution is -0.274. The van der Waals surface area contributed by atoms with Crippen LogP contribution in [0.15, 0.2) is 48.5 Å². The Hall–Kier alpha value is -2.37. The van der Waals surface area contributed by atoms with Crippen molar-refractivity contribution < 1.29 is 17.9 Å². The molecule has 0 aromatic heterocycles. The summed E-state index contributed by atoms with van der Waals surface area (Å²) < 4.78 is 40.5. The Kier molecular flexibility index (Phi) is 4.55. The predicted molar refractivity (Wildman–Crippen MR) is 88.2 cm³/mol. The van der Waals surface area contributed by atoms with Crippen molar-refractivity contribution in [2.75, 3.05) is 23.7 Å². The van der Waals surface area contributed by atoms with E-state index >= 15 is 0 Å². The van der Waals surface area contributed by atoms with Gasteiger partial charge in [0.25, 0.3) is 0 Å². The van der Waals surface area contributed by atoms with E-state index < -0.39 is 6.36 Å². The van der Waals surface area contributed by atoms with Gasteiger partial charge >= 0.3 is 6.36 Å². The van der Waals surface area contributed by atoms with Gasteiger partial charge in [0.15, 0.2) is 0 Å². The van der Waals surface area contributed by atoms with Gasteiger partial charge in [-0.2, -0.15) is 0 Å². The van der Waals surface area contributed by atoms with Gasteiger partial charge in [0, 0.05) is 24.5 Å². The number of benzene rings is 2. The number of hydrogen-bond donors (Lipinski definition) is 1. The molecule has 1 fully saturated rings. The van der Waals surface area contributed by atoms with Gasteiger partial charge in [-0.3, -0.25) is 0 Å². The largest absolute Gasteiger partial charge is 0.573 e. The maximum atomic E-state index is 12.2. The quantitative estimate of drug-likeness (QED) is 0.836. The monoisotopic (exact) mass is 336 g/mol. The molecule has 0 unspecified atom stereocenters. The van der Waals surface area contributed by atoms with E-state index in [1.54, 1.807) is 12.1 Å². The molecule has 0 radical (unpaired) electrons. The molecule has 1 aliphatic heterocycles. The zero-order valence-corrected chi connectivity index (χ0v) is 13.1. The van der Waals surface area contributed by atoms with Crippen molar-refractivity contribution in [1.82, 2.24) is 0 Å². The molecule has 0 spiro atoms. The number of nitrogens with two attached hydrogens (primary N) is 1. The number of piperidine rings is 1. The lowest BCUT2D eigenvalue weighted by atomic mass is 9.89. The Morgan fingerprint density at radius 2 is 1.50 bits per heavy atom. The van der Waals surface area contributed by atoms with Crippen LogP contribution in [-0.2, 0) is 0 Å². The highest BCUT2D eigenvalue weighted by Crippen LogP contribution is 2.32. The first kappa shape index (κ1) is 16.5. The van der Waals surface area contributed by atoms with Crippen LogP contribution in [0.5, 0.6) is 5.75 Å². The van der Waals surface area contributed by atoms with Crippen molar-refractivity contribution in [1.29, 1.82) is 0 Å². The SMILES string of the molecule is Nc1ccc(N2CCC(c3ccc(OC(F)(F)F)cc3)CC2)cc1. The average molecular weight is 336 g/mol. The van der Waals surface area contributed by atoms with Crippen LogP contribution in [0.25, 0.3) is 0 Å². The fraction of sp³-hybridized carbons (Fsp3) is 0.333. The van der Waals surface area contributed by atoms with Crippen LogP contribution in [-0.4, -0.2) is 19.5 Å². The van der Waals surface area contributed by atoms with Crippen LogP contribution < -0.4 is 15.4 Å². The summed E-state index contributed by atoms with van der Waals surface area (Å²) >= 11 is 0. The smallest absolute Gasteiger partial charge is 0.406 e. The fourth-order valence-corrected chi connectivity index (χ4v) is 3.10. The third-order valence-corrected chi connectivity index (χ3v) is 4.34. The van der Waals surface area contributed by atoms with E-state index in [0.29, 0.717) is 5.92 Å². The van der Waals surface area contributed by atoms with E-state index in [1.165, 1.54) is 12.1 Å². The van der Waals surface area contributed by atoms with Crippen molar-refractivity contribution in [2.45, 2.75) is 25.1 Å². The van der Waals surface area contributed by atoms with Gasteiger partial charge in [-0.05, 0) is 60.7 Å². The van der Waals surface area contributed by atoms with E-state index in [2.05, 4.69) is 9.64 Å². The Bertz CT molecular complexity index is 660. The second kappa shape index (κ2) is 6.63. The molecule has 1 aliphatic rings. The number of nitrogen functional groups attached to an aromatic ring is 1. The van der Waals surface area contributed by atoms with Crippen LogP contribution in [0.2, 0.25) is 0 Å². The summed E-state index contributed by atoms with van der Waals surface area (Å²) in [4.78, 5) is 2.30. The van der Waals surface area contributed by atoms with Gasteiger partial charge in [-0.15, -0.1) is 13.2 Å². The number of anilines is 2.